The number of aryl methyl sites for hydroxylation is 1. The first-order valence-electron chi connectivity index (χ1n) is 7.24. The number of amides is 2. The molecule has 25 heavy (non-hydrogen) atoms. The summed E-state index contributed by atoms with van der Waals surface area (Å²) >= 11 is 6.02. The highest BCUT2D eigenvalue weighted by Crippen LogP contribution is 2.22. The number of rotatable bonds is 6. The van der Waals surface area contributed by atoms with Crippen molar-refractivity contribution in [3.8, 4) is 5.75 Å². The van der Waals surface area contributed by atoms with E-state index in [0.29, 0.717) is 10.7 Å². The minimum atomic E-state index is -2.93. The van der Waals surface area contributed by atoms with Crippen molar-refractivity contribution in [3.63, 3.8) is 0 Å². The number of nitrogens with one attached hydrogen (secondary N) is 2. The van der Waals surface area contributed by atoms with Crippen molar-refractivity contribution in [1.29, 1.82) is 0 Å². The lowest BCUT2D eigenvalue weighted by molar-refractivity contribution is -0.115. The van der Waals surface area contributed by atoms with Gasteiger partial charge in [0.05, 0.1) is 17.3 Å². The Labute approximate surface area is 147 Å². The van der Waals surface area contributed by atoms with Crippen LogP contribution in [0.25, 0.3) is 0 Å². The van der Waals surface area contributed by atoms with E-state index in [9.17, 15) is 18.4 Å². The van der Waals surface area contributed by atoms with Crippen molar-refractivity contribution >= 4 is 29.1 Å². The van der Waals surface area contributed by atoms with Crippen molar-refractivity contribution in [1.82, 2.24) is 5.32 Å². The number of carbonyl (C=O) groups is 2. The predicted molar refractivity (Wildman–Crippen MR) is 90.2 cm³/mol. The molecule has 0 saturated carbocycles. The van der Waals surface area contributed by atoms with E-state index in [4.69, 9.17) is 11.6 Å². The Morgan fingerprint density at radius 3 is 2.44 bits per heavy atom. The normalized spacial score (nSPS) is 10.4. The largest absolute Gasteiger partial charge is 0.435 e. The number of anilines is 1. The Bertz CT molecular complexity index is 767. The molecule has 0 aliphatic rings. The SMILES string of the molecule is Cc1ccc(NC(=O)CNC(=O)c2ccc(OC(F)F)cc2)c(Cl)c1. The lowest BCUT2D eigenvalue weighted by Gasteiger charge is -2.09. The Balaban J connectivity index is 1.87. The fraction of sp³-hybridized carbons (Fsp3) is 0.176. The molecule has 2 amide bonds. The molecular formula is C17H15ClF2N2O3. The number of benzene rings is 2. The molecule has 0 saturated heterocycles. The zero-order valence-corrected chi connectivity index (χ0v) is 13.9. The molecule has 132 valence electrons. The number of halogens is 3. The summed E-state index contributed by atoms with van der Waals surface area (Å²) in [6, 6.07) is 10.3. The molecule has 0 radical (unpaired) electrons. The maximum absolute atomic E-state index is 12.1. The monoisotopic (exact) mass is 368 g/mol. The van der Waals surface area contributed by atoms with E-state index < -0.39 is 18.4 Å². The second-order valence-corrected chi connectivity index (χ2v) is 5.52. The van der Waals surface area contributed by atoms with Crippen LogP contribution < -0.4 is 15.4 Å². The van der Waals surface area contributed by atoms with Gasteiger partial charge in [0.2, 0.25) is 5.91 Å². The molecule has 2 aromatic rings. The van der Waals surface area contributed by atoms with Crippen molar-refractivity contribution in [2.24, 2.45) is 0 Å². The van der Waals surface area contributed by atoms with E-state index in [0.717, 1.165) is 5.56 Å². The lowest BCUT2D eigenvalue weighted by atomic mass is 10.2. The first-order chi connectivity index (χ1) is 11.8. The Morgan fingerprint density at radius 2 is 1.84 bits per heavy atom. The molecule has 0 aliphatic carbocycles. The summed E-state index contributed by atoms with van der Waals surface area (Å²) in [4.78, 5) is 23.8. The summed E-state index contributed by atoms with van der Waals surface area (Å²) in [5, 5.41) is 5.41. The number of hydrogen-bond acceptors (Lipinski definition) is 3. The van der Waals surface area contributed by atoms with Crippen molar-refractivity contribution in [3.05, 3.63) is 58.6 Å². The van der Waals surface area contributed by atoms with E-state index in [-0.39, 0.29) is 17.9 Å². The van der Waals surface area contributed by atoms with Gasteiger partial charge >= 0.3 is 6.61 Å². The molecule has 8 heteroatoms. The van der Waals surface area contributed by atoms with E-state index in [2.05, 4.69) is 15.4 Å². The lowest BCUT2D eigenvalue weighted by Crippen LogP contribution is -2.32. The summed E-state index contributed by atoms with van der Waals surface area (Å²) in [5.74, 6) is -1.02. The molecule has 5 nitrogen and oxygen atoms in total. The maximum Gasteiger partial charge on any atom is 0.387 e. The fourth-order valence-electron chi connectivity index (χ4n) is 1.97. The number of alkyl halides is 2. The highest BCUT2D eigenvalue weighted by molar-refractivity contribution is 6.33. The first-order valence-corrected chi connectivity index (χ1v) is 7.62. The van der Waals surface area contributed by atoms with Crippen LogP contribution in [0.5, 0.6) is 5.75 Å². The van der Waals surface area contributed by atoms with Gasteiger partial charge in [-0.1, -0.05) is 17.7 Å². The summed E-state index contributed by atoms with van der Waals surface area (Å²) < 4.78 is 28.3. The second kappa shape index (κ2) is 8.43. The molecule has 0 aliphatic heterocycles. The van der Waals surface area contributed by atoms with Gasteiger partial charge < -0.3 is 15.4 Å². The molecule has 0 bridgehead atoms. The third-order valence-electron chi connectivity index (χ3n) is 3.15. The van der Waals surface area contributed by atoms with Crippen LogP contribution in [-0.2, 0) is 4.79 Å². The van der Waals surface area contributed by atoms with Crippen molar-refractivity contribution < 1.29 is 23.1 Å². The van der Waals surface area contributed by atoms with E-state index in [1.165, 1.54) is 24.3 Å². The molecule has 2 N–H and O–H groups in total. The molecule has 0 atom stereocenters. The van der Waals surface area contributed by atoms with Gasteiger partial charge in [0, 0.05) is 5.56 Å². The van der Waals surface area contributed by atoms with Crippen LogP contribution in [0.1, 0.15) is 15.9 Å². The van der Waals surface area contributed by atoms with Crippen molar-refractivity contribution in [2.75, 3.05) is 11.9 Å². The van der Waals surface area contributed by atoms with Crippen LogP contribution in [-0.4, -0.2) is 25.0 Å². The van der Waals surface area contributed by atoms with Crippen LogP contribution in [0.2, 0.25) is 5.02 Å². The first kappa shape index (κ1) is 18.7. The number of ether oxygens (including phenoxy) is 1. The van der Waals surface area contributed by atoms with Crippen LogP contribution in [0.15, 0.2) is 42.5 Å². The number of hydrogen-bond donors (Lipinski definition) is 2. The molecule has 0 unspecified atom stereocenters. The fourth-order valence-corrected chi connectivity index (χ4v) is 2.25. The third kappa shape index (κ3) is 5.72. The van der Waals surface area contributed by atoms with Gasteiger partial charge in [-0.15, -0.1) is 0 Å². The molecular weight excluding hydrogens is 354 g/mol. The molecule has 0 heterocycles. The van der Waals surface area contributed by atoms with Crippen LogP contribution in [0.4, 0.5) is 14.5 Å². The topological polar surface area (TPSA) is 67.4 Å². The van der Waals surface area contributed by atoms with Crippen LogP contribution in [0, 0.1) is 6.92 Å². The molecule has 0 spiro atoms. The van der Waals surface area contributed by atoms with Gasteiger partial charge in [-0.05, 0) is 48.9 Å². The van der Waals surface area contributed by atoms with Gasteiger partial charge in [-0.25, -0.2) is 0 Å². The quantitative estimate of drug-likeness (QED) is 0.818. The van der Waals surface area contributed by atoms with Gasteiger partial charge in [0.1, 0.15) is 5.75 Å². The Kier molecular flexibility index (Phi) is 6.30. The van der Waals surface area contributed by atoms with Gasteiger partial charge in [-0.3, -0.25) is 9.59 Å². The zero-order chi connectivity index (χ0) is 18.4. The minimum Gasteiger partial charge on any atom is -0.435 e. The summed E-state index contributed by atoms with van der Waals surface area (Å²) in [5.41, 5.74) is 1.61. The van der Waals surface area contributed by atoms with Gasteiger partial charge in [0.25, 0.3) is 5.91 Å². The Hall–Kier alpha value is -2.67. The van der Waals surface area contributed by atoms with Crippen LogP contribution in [0.3, 0.4) is 0 Å². The maximum atomic E-state index is 12.1. The summed E-state index contributed by atoms with van der Waals surface area (Å²) in [6.45, 7) is -1.33. The zero-order valence-electron chi connectivity index (χ0n) is 13.2. The van der Waals surface area contributed by atoms with Gasteiger partial charge in [0.15, 0.2) is 0 Å². The standard InChI is InChI=1S/C17H15ClF2N2O3/c1-10-2-7-14(13(18)8-10)22-15(23)9-21-16(24)11-3-5-12(6-4-11)25-17(19)20/h2-8,17H,9H2,1H3,(H,21,24)(H,22,23). The predicted octanol–water partition coefficient (Wildman–Crippen LogP) is 3.62. The number of carbonyl (C=O) groups excluding carboxylic acids is 2. The summed E-state index contributed by atoms with van der Waals surface area (Å²) in [6.07, 6.45) is 0. The second-order valence-electron chi connectivity index (χ2n) is 5.12. The Morgan fingerprint density at radius 1 is 1.16 bits per heavy atom. The van der Waals surface area contributed by atoms with E-state index in [1.54, 1.807) is 18.2 Å². The average molecular weight is 369 g/mol. The average Bonchev–Trinajstić information content (AvgIpc) is 2.55. The van der Waals surface area contributed by atoms with Crippen LogP contribution >= 0.6 is 11.6 Å². The molecule has 2 aromatic carbocycles. The van der Waals surface area contributed by atoms with Crippen molar-refractivity contribution in [2.45, 2.75) is 13.5 Å². The summed E-state index contributed by atoms with van der Waals surface area (Å²) in [7, 11) is 0. The van der Waals surface area contributed by atoms with E-state index >= 15 is 0 Å². The highest BCUT2D eigenvalue weighted by atomic mass is 35.5. The third-order valence-corrected chi connectivity index (χ3v) is 3.46. The molecule has 0 aromatic heterocycles. The molecule has 2 rings (SSSR count). The smallest absolute Gasteiger partial charge is 0.387 e. The highest BCUT2D eigenvalue weighted by Gasteiger charge is 2.11. The van der Waals surface area contributed by atoms with Gasteiger partial charge in [-0.2, -0.15) is 8.78 Å². The molecule has 0 fully saturated rings. The van der Waals surface area contributed by atoms with E-state index in [1.807, 2.05) is 6.92 Å². The minimum absolute atomic E-state index is 0.0571.